The highest BCUT2D eigenvalue weighted by Crippen LogP contribution is 2.16. The lowest BCUT2D eigenvalue weighted by Crippen LogP contribution is -2.54. The molecule has 12 nitrogen and oxygen atoms in total. The Labute approximate surface area is 297 Å². The third-order valence-electron chi connectivity index (χ3n) is 8.20. The average molecular weight is 696 g/mol. The maximum atomic E-state index is 13.7. The molecule has 0 radical (unpaired) electrons. The van der Waals surface area contributed by atoms with Crippen molar-refractivity contribution in [1.82, 2.24) is 21.4 Å². The van der Waals surface area contributed by atoms with Crippen LogP contribution in [0.25, 0.3) is 0 Å². The van der Waals surface area contributed by atoms with Gasteiger partial charge in [-0.15, -0.1) is 12.3 Å². The monoisotopic (exact) mass is 695 g/mol. The van der Waals surface area contributed by atoms with Gasteiger partial charge in [0.25, 0.3) is 0 Å². The summed E-state index contributed by atoms with van der Waals surface area (Å²) in [6.45, 7) is 0.375. The first-order valence-electron chi connectivity index (χ1n) is 16.9. The van der Waals surface area contributed by atoms with Crippen molar-refractivity contribution in [3.8, 4) is 12.3 Å². The largest absolute Gasteiger partial charge is 0.368 e. The summed E-state index contributed by atoms with van der Waals surface area (Å²) in [5, 5.41) is 17.4. The number of primary amides is 1. The second-order valence-corrected chi connectivity index (χ2v) is 12.2. The van der Waals surface area contributed by atoms with Crippen LogP contribution < -0.4 is 27.2 Å². The lowest BCUT2D eigenvalue weighted by molar-refractivity contribution is -0.136. The second kappa shape index (κ2) is 21.3. The van der Waals surface area contributed by atoms with Crippen molar-refractivity contribution in [2.45, 2.75) is 69.9 Å². The van der Waals surface area contributed by atoms with Gasteiger partial charge >= 0.3 is 0 Å². The number of carbonyl (C=O) groups excluding carboxylic acids is 6. The number of rotatable bonds is 21. The van der Waals surface area contributed by atoms with Gasteiger partial charge in [0.15, 0.2) is 5.78 Å². The van der Waals surface area contributed by atoms with Crippen molar-refractivity contribution in [1.29, 1.82) is 0 Å². The van der Waals surface area contributed by atoms with E-state index < -0.39 is 41.6 Å². The summed E-state index contributed by atoms with van der Waals surface area (Å²) in [6, 6.07) is 22.1. The van der Waals surface area contributed by atoms with E-state index in [1.807, 2.05) is 12.1 Å². The Bertz CT molecular complexity index is 1660. The number of hydrogen-bond donors (Lipinski definition) is 6. The highest BCUT2D eigenvalue weighted by molar-refractivity contribution is 6.09. The molecule has 0 heterocycles. The number of benzene rings is 3. The topological polar surface area (TPSA) is 197 Å². The van der Waals surface area contributed by atoms with Gasteiger partial charge < -0.3 is 21.7 Å². The number of amides is 5. The maximum absolute atomic E-state index is 13.7. The van der Waals surface area contributed by atoms with E-state index in [1.165, 1.54) is 0 Å². The van der Waals surface area contributed by atoms with Crippen LogP contribution in [-0.4, -0.2) is 59.2 Å². The summed E-state index contributed by atoms with van der Waals surface area (Å²) in [6.07, 6.45) is 7.60. The van der Waals surface area contributed by atoms with Crippen molar-refractivity contribution in [3.05, 3.63) is 107 Å². The molecule has 3 aromatic carbocycles. The smallest absolute Gasteiger partial charge is 0.244 e. The molecule has 7 N–H and O–H groups in total. The number of nitrogens with one attached hydrogen (secondary N) is 4. The molecule has 3 rings (SSSR count). The molecule has 0 aliphatic carbocycles. The SMILES string of the molecule is C#CCCCC(=O)NCCCCC(NC(=O)[C@H](Cc1ccc(C(=O)c2ccccc2)cc1)NC(=O)[C@@H](CC(=O)NO)Cc1ccccc1)C(N)=O. The van der Waals surface area contributed by atoms with Crippen LogP contribution in [0.3, 0.4) is 0 Å². The van der Waals surface area contributed by atoms with Crippen LogP contribution in [0.4, 0.5) is 0 Å². The Morgan fingerprint density at radius 2 is 1.31 bits per heavy atom. The molecule has 1 unspecified atom stereocenters. The molecule has 0 bridgehead atoms. The van der Waals surface area contributed by atoms with E-state index in [-0.39, 0.29) is 37.4 Å². The zero-order chi connectivity index (χ0) is 37.0. The van der Waals surface area contributed by atoms with Crippen molar-refractivity contribution >= 4 is 35.3 Å². The van der Waals surface area contributed by atoms with E-state index in [0.29, 0.717) is 55.3 Å². The minimum atomic E-state index is -1.20. The molecule has 0 aliphatic rings. The first kappa shape index (κ1) is 39.6. The molecule has 5 amide bonds. The molecule has 0 aliphatic heterocycles. The minimum Gasteiger partial charge on any atom is -0.368 e. The zero-order valence-corrected chi connectivity index (χ0v) is 28.4. The first-order chi connectivity index (χ1) is 24.6. The Hall–Kier alpha value is -5.80. The van der Waals surface area contributed by atoms with E-state index in [4.69, 9.17) is 17.4 Å². The molecule has 3 atom stereocenters. The molecule has 51 heavy (non-hydrogen) atoms. The highest BCUT2D eigenvalue weighted by atomic mass is 16.5. The van der Waals surface area contributed by atoms with Gasteiger partial charge in [-0.2, -0.15) is 0 Å². The number of hydrogen-bond acceptors (Lipinski definition) is 7. The number of nitrogens with two attached hydrogens (primary N) is 1. The van der Waals surface area contributed by atoms with Crippen molar-refractivity contribution in [2.24, 2.45) is 11.7 Å². The molecule has 268 valence electrons. The fraction of sp³-hybridized carbons (Fsp3) is 0.333. The number of hydroxylamine groups is 1. The van der Waals surface area contributed by atoms with Gasteiger partial charge in [-0.1, -0.05) is 84.9 Å². The molecule has 0 aromatic heterocycles. The van der Waals surface area contributed by atoms with Crippen LogP contribution >= 0.6 is 0 Å². The third kappa shape index (κ3) is 13.9. The Morgan fingerprint density at radius 3 is 1.94 bits per heavy atom. The summed E-state index contributed by atoms with van der Waals surface area (Å²) < 4.78 is 0. The van der Waals surface area contributed by atoms with E-state index in [9.17, 15) is 28.8 Å². The van der Waals surface area contributed by atoms with Crippen LogP contribution in [0, 0.1) is 18.3 Å². The maximum Gasteiger partial charge on any atom is 0.244 e. The van der Waals surface area contributed by atoms with Crippen molar-refractivity contribution in [2.75, 3.05) is 6.54 Å². The fourth-order valence-corrected chi connectivity index (χ4v) is 5.41. The van der Waals surface area contributed by atoms with Gasteiger partial charge in [0.1, 0.15) is 12.1 Å². The summed E-state index contributed by atoms with van der Waals surface area (Å²) in [7, 11) is 0. The second-order valence-electron chi connectivity index (χ2n) is 12.2. The Kier molecular flexibility index (Phi) is 16.6. The summed E-state index contributed by atoms with van der Waals surface area (Å²) in [5.74, 6) is -1.60. The summed E-state index contributed by atoms with van der Waals surface area (Å²) >= 11 is 0. The third-order valence-corrected chi connectivity index (χ3v) is 8.20. The van der Waals surface area contributed by atoms with Crippen molar-refractivity contribution < 1.29 is 34.0 Å². The Morgan fingerprint density at radius 1 is 0.706 bits per heavy atom. The Balaban J connectivity index is 1.75. The summed E-state index contributed by atoms with van der Waals surface area (Å²) in [4.78, 5) is 76.8. The van der Waals surface area contributed by atoms with Gasteiger partial charge in [0.2, 0.25) is 29.5 Å². The molecule has 3 aromatic rings. The van der Waals surface area contributed by atoms with Gasteiger partial charge in [0, 0.05) is 43.4 Å². The summed E-state index contributed by atoms with van der Waals surface area (Å²) in [5.41, 5.74) is 9.53. The fourth-order valence-electron chi connectivity index (χ4n) is 5.41. The van der Waals surface area contributed by atoms with Crippen LogP contribution in [0.2, 0.25) is 0 Å². The van der Waals surface area contributed by atoms with Crippen molar-refractivity contribution in [3.63, 3.8) is 0 Å². The normalized spacial score (nSPS) is 12.3. The molecule has 0 spiro atoms. The van der Waals surface area contributed by atoms with Gasteiger partial charge in [0.05, 0.1) is 5.92 Å². The quantitative estimate of drug-likeness (QED) is 0.0324. The first-order valence-corrected chi connectivity index (χ1v) is 16.9. The predicted octanol–water partition coefficient (Wildman–Crippen LogP) is 2.76. The lowest BCUT2D eigenvalue weighted by atomic mass is 9.94. The molecule has 0 fully saturated rings. The predicted molar refractivity (Wildman–Crippen MR) is 191 cm³/mol. The average Bonchev–Trinajstić information content (AvgIpc) is 3.14. The standard InChI is InChI=1S/C39H45N5O7/c1-2-3-6-18-34(45)41-23-12-11-17-32(37(40)48)42-39(50)33(25-28-19-21-30(22-20-28)36(47)29-15-9-5-10-16-29)43-38(49)31(26-35(46)44-51)24-27-13-7-4-8-14-27/h1,4-5,7-10,13-16,19-22,31-33,51H,3,6,11-12,17-18,23-26H2,(H2,40,48)(H,41,45)(H,42,50)(H,43,49)(H,44,46)/t31-,32?,33+/m1/s1. The van der Waals surface area contributed by atoms with Gasteiger partial charge in [-0.3, -0.25) is 34.0 Å². The van der Waals surface area contributed by atoms with E-state index >= 15 is 0 Å². The van der Waals surface area contributed by atoms with E-state index in [1.54, 1.807) is 78.3 Å². The lowest BCUT2D eigenvalue weighted by Gasteiger charge is -2.24. The molecule has 0 saturated carbocycles. The van der Waals surface area contributed by atoms with Crippen LogP contribution in [0.15, 0.2) is 84.9 Å². The number of ketones is 1. The van der Waals surface area contributed by atoms with Crippen LogP contribution in [0.1, 0.15) is 72.0 Å². The molecular weight excluding hydrogens is 650 g/mol. The van der Waals surface area contributed by atoms with E-state index in [2.05, 4.69) is 21.9 Å². The molecular formula is C39H45N5O7. The zero-order valence-electron chi connectivity index (χ0n) is 28.4. The molecule has 12 heteroatoms. The molecule has 0 saturated heterocycles. The number of terminal acetylenes is 1. The van der Waals surface area contributed by atoms with Gasteiger partial charge in [-0.25, -0.2) is 5.48 Å². The minimum absolute atomic E-state index is 0.0151. The van der Waals surface area contributed by atoms with Crippen LogP contribution in [-0.2, 0) is 36.8 Å². The van der Waals surface area contributed by atoms with Gasteiger partial charge in [-0.05, 0) is 43.2 Å². The highest BCUT2D eigenvalue weighted by Gasteiger charge is 2.30. The number of carbonyl (C=O) groups is 6. The van der Waals surface area contributed by atoms with Crippen LogP contribution in [0.5, 0.6) is 0 Å². The van der Waals surface area contributed by atoms with E-state index in [0.717, 1.165) is 5.56 Å². The number of unbranched alkanes of at least 4 members (excludes halogenated alkanes) is 2.